The molecule has 2 aromatic carbocycles. The molecule has 1 aliphatic carbocycles. The summed E-state index contributed by atoms with van der Waals surface area (Å²) in [6.07, 6.45) is 1.97. The number of fused-ring (bicyclic) bond motifs is 1. The smallest absolute Gasteiger partial charge is 0.136 e. The Hall–Kier alpha value is -2.07. The number of aliphatic hydroxyl groups excluding tert-OH is 1. The summed E-state index contributed by atoms with van der Waals surface area (Å²) in [5.74, 6) is 0.689. The maximum atomic E-state index is 10.0. The Morgan fingerprint density at radius 1 is 1.19 bits per heavy atom. The maximum Gasteiger partial charge on any atom is 0.136 e. The standard InChI is InChI=1S/C17H19NO3/c1-11(18-20)13-10-9-12-5-2-3-6-14(12)17(13)21-16-8-4-7-15(16)19/h2-3,5-6,9-10,15-16,19-20H,4,7-8H2,1H3/b18-11+. The van der Waals surface area contributed by atoms with Crippen LogP contribution in [-0.4, -0.2) is 28.2 Å². The SMILES string of the molecule is C/C(=N\O)c1ccc2ccccc2c1OC1CCCC1O. The van der Waals surface area contributed by atoms with Crippen molar-refractivity contribution in [3.63, 3.8) is 0 Å². The second kappa shape index (κ2) is 5.74. The lowest BCUT2D eigenvalue weighted by Gasteiger charge is -2.21. The Labute approximate surface area is 123 Å². The van der Waals surface area contributed by atoms with Gasteiger partial charge in [0.25, 0.3) is 0 Å². The lowest BCUT2D eigenvalue weighted by atomic mass is 10.0. The fourth-order valence-electron chi connectivity index (χ4n) is 2.90. The fraction of sp³-hybridized carbons (Fsp3) is 0.353. The number of nitrogens with zero attached hydrogens (tertiary/aromatic N) is 1. The van der Waals surface area contributed by atoms with Gasteiger partial charge in [-0.25, -0.2) is 0 Å². The molecule has 3 rings (SSSR count). The van der Waals surface area contributed by atoms with Crippen LogP contribution in [0.15, 0.2) is 41.6 Å². The van der Waals surface area contributed by atoms with Gasteiger partial charge in [0.2, 0.25) is 0 Å². The van der Waals surface area contributed by atoms with Gasteiger partial charge in [-0.1, -0.05) is 35.5 Å². The van der Waals surface area contributed by atoms with Gasteiger partial charge in [-0.3, -0.25) is 0 Å². The third-order valence-corrected chi connectivity index (χ3v) is 4.11. The van der Waals surface area contributed by atoms with Gasteiger partial charge in [-0.05, 0) is 37.6 Å². The number of aliphatic hydroxyl groups is 1. The fourth-order valence-corrected chi connectivity index (χ4v) is 2.90. The average Bonchev–Trinajstić information content (AvgIpc) is 2.92. The summed E-state index contributed by atoms with van der Waals surface area (Å²) in [5.41, 5.74) is 1.26. The molecule has 110 valence electrons. The molecule has 2 atom stereocenters. The first-order chi connectivity index (χ1) is 10.2. The summed E-state index contributed by atoms with van der Waals surface area (Å²) in [6, 6.07) is 11.8. The van der Waals surface area contributed by atoms with Gasteiger partial charge in [0.05, 0.1) is 11.8 Å². The van der Waals surface area contributed by atoms with Gasteiger partial charge in [-0.15, -0.1) is 0 Å². The first-order valence-electron chi connectivity index (χ1n) is 7.26. The van der Waals surface area contributed by atoms with E-state index < -0.39 is 6.10 Å². The molecule has 0 radical (unpaired) electrons. The van der Waals surface area contributed by atoms with Crippen LogP contribution in [0.25, 0.3) is 10.8 Å². The minimum absolute atomic E-state index is 0.193. The summed E-state index contributed by atoms with van der Waals surface area (Å²) >= 11 is 0. The highest BCUT2D eigenvalue weighted by Gasteiger charge is 2.28. The molecule has 0 heterocycles. The van der Waals surface area contributed by atoms with Crippen LogP contribution < -0.4 is 4.74 Å². The predicted molar refractivity (Wildman–Crippen MR) is 82.2 cm³/mol. The van der Waals surface area contributed by atoms with E-state index in [4.69, 9.17) is 9.94 Å². The van der Waals surface area contributed by atoms with E-state index in [9.17, 15) is 5.11 Å². The van der Waals surface area contributed by atoms with Crippen LogP contribution in [0, 0.1) is 0 Å². The predicted octanol–water partition coefficient (Wildman–Crippen LogP) is 3.33. The van der Waals surface area contributed by atoms with E-state index in [0.29, 0.717) is 11.5 Å². The lowest BCUT2D eigenvalue weighted by Crippen LogP contribution is -2.26. The van der Waals surface area contributed by atoms with Crippen LogP contribution in [0.4, 0.5) is 0 Å². The van der Waals surface area contributed by atoms with Gasteiger partial charge in [-0.2, -0.15) is 0 Å². The van der Waals surface area contributed by atoms with Gasteiger partial charge in [0, 0.05) is 10.9 Å². The average molecular weight is 285 g/mol. The molecular formula is C17H19NO3. The van der Waals surface area contributed by atoms with Crippen LogP contribution in [0.1, 0.15) is 31.7 Å². The highest BCUT2D eigenvalue weighted by atomic mass is 16.5. The summed E-state index contributed by atoms with van der Waals surface area (Å²) < 4.78 is 6.11. The Morgan fingerprint density at radius 2 is 2.00 bits per heavy atom. The second-order valence-corrected chi connectivity index (χ2v) is 5.50. The minimum Gasteiger partial charge on any atom is -0.486 e. The number of benzene rings is 2. The Bertz CT molecular complexity index is 681. The van der Waals surface area contributed by atoms with Gasteiger partial charge in [0.1, 0.15) is 11.9 Å². The van der Waals surface area contributed by atoms with Crippen molar-refractivity contribution in [2.75, 3.05) is 0 Å². The van der Waals surface area contributed by atoms with Crippen molar-refractivity contribution < 1.29 is 15.1 Å². The molecule has 0 bridgehead atoms. The first-order valence-corrected chi connectivity index (χ1v) is 7.26. The van der Waals surface area contributed by atoms with Crippen LogP contribution in [-0.2, 0) is 0 Å². The number of ether oxygens (including phenoxy) is 1. The molecule has 2 N–H and O–H groups in total. The molecule has 1 saturated carbocycles. The van der Waals surface area contributed by atoms with E-state index in [2.05, 4.69) is 5.16 Å². The normalized spacial score (nSPS) is 22.7. The molecule has 0 spiro atoms. The molecule has 1 fully saturated rings. The molecule has 0 amide bonds. The number of hydrogen-bond donors (Lipinski definition) is 2. The number of hydrogen-bond acceptors (Lipinski definition) is 4. The highest BCUT2D eigenvalue weighted by molar-refractivity contribution is 6.06. The third-order valence-electron chi connectivity index (χ3n) is 4.11. The number of oxime groups is 1. The van der Waals surface area contributed by atoms with Crippen molar-refractivity contribution >= 4 is 16.5 Å². The van der Waals surface area contributed by atoms with Gasteiger partial charge < -0.3 is 15.1 Å². The summed E-state index contributed by atoms with van der Waals surface area (Å²) in [7, 11) is 0. The van der Waals surface area contributed by atoms with Crippen molar-refractivity contribution in [1.82, 2.24) is 0 Å². The molecule has 21 heavy (non-hydrogen) atoms. The van der Waals surface area contributed by atoms with Crippen molar-refractivity contribution in [3.05, 3.63) is 42.0 Å². The summed E-state index contributed by atoms with van der Waals surface area (Å²) in [6.45, 7) is 1.74. The van der Waals surface area contributed by atoms with E-state index in [1.54, 1.807) is 6.92 Å². The molecule has 2 unspecified atom stereocenters. The Kier molecular flexibility index (Phi) is 3.80. The van der Waals surface area contributed by atoms with E-state index >= 15 is 0 Å². The minimum atomic E-state index is -0.428. The zero-order valence-corrected chi connectivity index (χ0v) is 12.0. The van der Waals surface area contributed by atoms with E-state index in [-0.39, 0.29) is 6.10 Å². The molecule has 2 aromatic rings. The van der Waals surface area contributed by atoms with Crippen LogP contribution >= 0.6 is 0 Å². The zero-order chi connectivity index (χ0) is 14.8. The van der Waals surface area contributed by atoms with E-state index in [0.717, 1.165) is 35.6 Å². The highest BCUT2D eigenvalue weighted by Crippen LogP contribution is 2.34. The second-order valence-electron chi connectivity index (χ2n) is 5.50. The topological polar surface area (TPSA) is 62.1 Å². The quantitative estimate of drug-likeness (QED) is 0.516. The molecular weight excluding hydrogens is 266 g/mol. The summed E-state index contributed by atoms with van der Waals surface area (Å²) in [4.78, 5) is 0. The largest absolute Gasteiger partial charge is 0.486 e. The van der Waals surface area contributed by atoms with E-state index in [1.807, 2.05) is 36.4 Å². The molecule has 0 saturated heterocycles. The van der Waals surface area contributed by atoms with Crippen molar-refractivity contribution in [1.29, 1.82) is 0 Å². The Morgan fingerprint density at radius 3 is 2.71 bits per heavy atom. The van der Waals surface area contributed by atoms with Gasteiger partial charge in [0.15, 0.2) is 0 Å². The Balaban J connectivity index is 2.11. The zero-order valence-electron chi connectivity index (χ0n) is 12.0. The van der Waals surface area contributed by atoms with Crippen molar-refractivity contribution in [2.45, 2.75) is 38.4 Å². The van der Waals surface area contributed by atoms with Gasteiger partial charge >= 0.3 is 0 Å². The lowest BCUT2D eigenvalue weighted by molar-refractivity contribution is 0.0613. The van der Waals surface area contributed by atoms with Crippen LogP contribution in [0.3, 0.4) is 0 Å². The molecule has 4 nitrogen and oxygen atoms in total. The van der Waals surface area contributed by atoms with Crippen LogP contribution in [0.5, 0.6) is 5.75 Å². The molecule has 1 aliphatic rings. The summed E-state index contributed by atoms with van der Waals surface area (Å²) in [5, 5.41) is 24.4. The van der Waals surface area contributed by atoms with Crippen molar-refractivity contribution in [3.8, 4) is 5.75 Å². The third kappa shape index (κ3) is 2.59. The molecule has 0 aliphatic heterocycles. The monoisotopic (exact) mass is 285 g/mol. The maximum absolute atomic E-state index is 10.0. The first kappa shape index (κ1) is 13.9. The van der Waals surface area contributed by atoms with Crippen molar-refractivity contribution in [2.24, 2.45) is 5.16 Å². The molecule has 4 heteroatoms. The molecule has 0 aromatic heterocycles. The van der Waals surface area contributed by atoms with Crippen LogP contribution in [0.2, 0.25) is 0 Å². The van der Waals surface area contributed by atoms with E-state index in [1.165, 1.54) is 0 Å². The number of rotatable bonds is 3.